The SMILES string of the molecule is COc1cc(/C=C2/SC(=S)N(CC(=O)[O-])C2=O)ccc1O[C@H](C)C(=O)[O-]. The van der Waals surface area contributed by atoms with Gasteiger partial charge in [0.05, 0.1) is 30.5 Å². The number of thiocarbonyl (C=S) groups is 1. The number of aliphatic carboxylic acids is 2. The number of amides is 1. The second kappa shape index (κ2) is 8.19. The third kappa shape index (κ3) is 4.52. The average molecular weight is 395 g/mol. The highest BCUT2D eigenvalue weighted by molar-refractivity contribution is 8.26. The lowest BCUT2D eigenvalue weighted by atomic mass is 10.2. The van der Waals surface area contributed by atoms with Gasteiger partial charge in [-0.2, -0.15) is 0 Å². The fourth-order valence-electron chi connectivity index (χ4n) is 2.03. The minimum absolute atomic E-state index is 0.125. The Morgan fingerprint density at radius 1 is 1.35 bits per heavy atom. The van der Waals surface area contributed by atoms with Crippen LogP contribution in [0.2, 0.25) is 0 Å². The number of rotatable bonds is 7. The van der Waals surface area contributed by atoms with Crippen LogP contribution in [-0.2, 0) is 14.4 Å². The molecule has 1 aromatic rings. The number of hydrogen-bond acceptors (Lipinski definition) is 9. The zero-order valence-corrected chi connectivity index (χ0v) is 15.3. The van der Waals surface area contributed by atoms with E-state index >= 15 is 0 Å². The molecule has 0 aromatic heterocycles. The molecule has 138 valence electrons. The molecule has 0 bridgehead atoms. The van der Waals surface area contributed by atoms with Crippen LogP contribution in [0.5, 0.6) is 11.5 Å². The molecule has 1 heterocycles. The van der Waals surface area contributed by atoms with Crippen molar-refractivity contribution in [3.05, 3.63) is 28.7 Å². The first-order chi connectivity index (χ1) is 12.2. The molecular formula is C16H13NO7S2-2. The van der Waals surface area contributed by atoms with Crippen molar-refractivity contribution >= 4 is 52.2 Å². The molecule has 1 fully saturated rings. The Morgan fingerprint density at radius 3 is 2.62 bits per heavy atom. The maximum absolute atomic E-state index is 12.2. The maximum Gasteiger partial charge on any atom is 0.266 e. The van der Waals surface area contributed by atoms with Crippen molar-refractivity contribution in [3.63, 3.8) is 0 Å². The van der Waals surface area contributed by atoms with Gasteiger partial charge in [0.25, 0.3) is 5.91 Å². The second-order valence-corrected chi connectivity index (χ2v) is 6.81. The van der Waals surface area contributed by atoms with Crippen LogP contribution in [0.25, 0.3) is 6.08 Å². The lowest BCUT2D eigenvalue weighted by Gasteiger charge is -2.17. The maximum atomic E-state index is 12.2. The Hall–Kier alpha value is -2.59. The van der Waals surface area contributed by atoms with Crippen molar-refractivity contribution in [1.29, 1.82) is 0 Å². The van der Waals surface area contributed by atoms with Gasteiger partial charge in [0.15, 0.2) is 11.5 Å². The molecule has 0 unspecified atom stereocenters. The molecule has 26 heavy (non-hydrogen) atoms. The van der Waals surface area contributed by atoms with E-state index in [4.69, 9.17) is 21.7 Å². The van der Waals surface area contributed by atoms with Crippen molar-refractivity contribution in [2.24, 2.45) is 0 Å². The van der Waals surface area contributed by atoms with Crippen molar-refractivity contribution in [1.82, 2.24) is 4.90 Å². The molecule has 2 rings (SSSR count). The number of benzene rings is 1. The van der Waals surface area contributed by atoms with E-state index in [2.05, 4.69) is 0 Å². The summed E-state index contributed by atoms with van der Waals surface area (Å²) in [4.78, 5) is 34.9. The van der Waals surface area contributed by atoms with Crippen LogP contribution in [0.1, 0.15) is 12.5 Å². The summed E-state index contributed by atoms with van der Waals surface area (Å²) in [6.45, 7) is 0.713. The molecule has 0 spiro atoms. The normalized spacial score (nSPS) is 16.7. The third-order valence-electron chi connectivity index (χ3n) is 3.28. The highest BCUT2D eigenvalue weighted by Gasteiger charge is 2.31. The Bertz CT molecular complexity index is 806. The van der Waals surface area contributed by atoms with Gasteiger partial charge in [-0.05, 0) is 30.7 Å². The van der Waals surface area contributed by atoms with Crippen molar-refractivity contribution in [2.75, 3.05) is 13.7 Å². The van der Waals surface area contributed by atoms with Crippen LogP contribution < -0.4 is 19.7 Å². The summed E-state index contributed by atoms with van der Waals surface area (Å²) in [5.41, 5.74) is 0.559. The van der Waals surface area contributed by atoms with Gasteiger partial charge in [0.1, 0.15) is 10.4 Å². The molecule has 0 aliphatic carbocycles. The number of carbonyl (C=O) groups is 3. The molecule has 10 heteroatoms. The number of carboxylic acids is 2. The Kier molecular flexibility index (Phi) is 6.22. The molecule has 8 nitrogen and oxygen atoms in total. The fraction of sp³-hybridized carbons (Fsp3) is 0.250. The minimum Gasteiger partial charge on any atom is -0.548 e. The predicted molar refractivity (Wildman–Crippen MR) is 93.0 cm³/mol. The summed E-state index contributed by atoms with van der Waals surface area (Å²) in [6.07, 6.45) is 0.346. The van der Waals surface area contributed by atoms with Gasteiger partial charge in [-0.3, -0.25) is 9.69 Å². The molecular weight excluding hydrogens is 382 g/mol. The van der Waals surface area contributed by atoms with Gasteiger partial charge in [0.2, 0.25) is 0 Å². The molecule has 1 amide bonds. The van der Waals surface area contributed by atoms with E-state index in [1.807, 2.05) is 0 Å². The van der Waals surface area contributed by atoms with E-state index in [9.17, 15) is 24.6 Å². The molecule has 0 radical (unpaired) electrons. The first-order valence-electron chi connectivity index (χ1n) is 7.23. The summed E-state index contributed by atoms with van der Waals surface area (Å²) in [6, 6.07) is 4.62. The van der Waals surface area contributed by atoms with E-state index < -0.39 is 30.5 Å². The van der Waals surface area contributed by atoms with E-state index in [0.717, 1.165) is 16.7 Å². The lowest BCUT2D eigenvalue weighted by molar-refractivity contribution is -0.313. The first kappa shape index (κ1) is 19.7. The number of hydrogen-bond donors (Lipinski definition) is 0. The van der Waals surface area contributed by atoms with E-state index in [-0.39, 0.29) is 20.7 Å². The molecule has 1 aliphatic rings. The number of nitrogens with zero attached hydrogens (tertiary/aromatic N) is 1. The van der Waals surface area contributed by atoms with Crippen LogP contribution in [0.15, 0.2) is 23.1 Å². The van der Waals surface area contributed by atoms with Crippen LogP contribution in [0.3, 0.4) is 0 Å². The lowest BCUT2D eigenvalue weighted by Crippen LogP contribution is -2.40. The summed E-state index contributed by atoms with van der Waals surface area (Å²) < 4.78 is 10.5. The van der Waals surface area contributed by atoms with Crippen LogP contribution in [0, 0.1) is 0 Å². The van der Waals surface area contributed by atoms with Crippen molar-refractivity contribution in [3.8, 4) is 11.5 Å². The van der Waals surface area contributed by atoms with Gasteiger partial charge in [0, 0.05) is 0 Å². The number of carboxylic acid groups (broad SMARTS) is 2. The topological polar surface area (TPSA) is 119 Å². The number of methoxy groups -OCH3 is 1. The summed E-state index contributed by atoms with van der Waals surface area (Å²) >= 11 is 5.97. The summed E-state index contributed by atoms with van der Waals surface area (Å²) in [5.74, 6) is -2.85. The van der Waals surface area contributed by atoms with E-state index in [1.54, 1.807) is 12.1 Å². The zero-order chi connectivity index (χ0) is 19.4. The largest absolute Gasteiger partial charge is 0.548 e. The monoisotopic (exact) mass is 395 g/mol. The molecule has 0 saturated carbocycles. The Balaban J connectivity index is 2.25. The molecule has 1 saturated heterocycles. The smallest absolute Gasteiger partial charge is 0.266 e. The van der Waals surface area contributed by atoms with Gasteiger partial charge in [-0.15, -0.1) is 0 Å². The van der Waals surface area contributed by atoms with Gasteiger partial charge in [-0.1, -0.05) is 30.0 Å². The number of ether oxygens (including phenoxy) is 2. The molecule has 1 atom stereocenters. The highest BCUT2D eigenvalue weighted by Crippen LogP contribution is 2.34. The number of thioether (sulfide) groups is 1. The van der Waals surface area contributed by atoms with Gasteiger partial charge in [-0.25, -0.2) is 0 Å². The first-order valence-corrected chi connectivity index (χ1v) is 8.46. The summed E-state index contributed by atoms with van der Waals surface area (Å²) in [7, 11) is 1.38. The molecule has 1 aliphatic heterocycles. The average Bonchev–Trinajstić information content (AvgIpc) is 2.83. The summed E-state index contributed by atoms with van der Waals surface area (Å²) in [5, 5.41) is 21.5. The quantitative estimate of drug-likeness (QED) is 0.430. The molecule has 1 aromatic carbocycles. The van der Waals surface area contributed by atoms with Gasteiger partial charge >= 0.3 is 0 Å². The third-order valence-corrected chi connectivity index (χ3v) is 4.66. The highest BCUT2D eigenvalue weighted by atomic mass is 32.2. The van der Waals surface area contributed by atoms with E-state index in [0.29, 0.717) is 5.56 Å². The van der Waals surface area contributed by atoms with E-state index in [1.165, 1.54) is 26.2 Å². The van der Waals surface area contributed by atoms with Crippen LogP contribution >= 0.6 is 24.0 Å². The van der Waals surface area contributed by atoms with Crippen molar-refractivity contribution in [2.45, 2.75) is 13.0 Å². The minimum atomic E-state index is -1.41. The second-order valence-electron chi connectivity index (χ2n) is 5.13. The molecule has 0 N–H and O–H groups in total. The Morgan fingerprint density at radius 2 is 2.04 bits per heavy atom. The predicted octanol–water partition coefficient (Wildman–Crippen LogP) is -0.836. The van der Waals surface area contributed by atoms with Crippen LogP contribution in [0.4, 0.5) is 0 Å². The zero-order valence-electron chi connectivity index (χ0n) is 13.7. The van der Waals surface area contributed by atoms with Crippen molar-refractivity contribution < 1.29 is 34.1 Å². The van der Waals surface area contributed by atoms with Gasteiger partial charge < -0.3 is 29.3 Å². The standard InChI is InChI=1S/C16H15NO7S2/c1-8(15(21)22)24-10-4-3-9(5-11(10)23-2)6-12-14(20)17(7-13(18)19)16(25)26-12/h3-6,8H,7H2,1-2H3,(H,18,19)(H,21,22)/p-2/b12-6+/t8-/m1/s1. The Labute approximate surface area is 158 Å². The van der Waals surface area contributed by atoms with Crippen LogP contribution in [-0.4, -0.2) is 46.8 Å². The fourth-order valence-corrected chi connectivity index (χ4v) is 3.28. The number of carbonyl (C=O) groups excluding carboxylic acids is 3.